The van der Waals surface area contributed by atoms with E-state index in [0.717, 1.165) is 25.7 Å². The Morgan fingerprint density at radius 3 is 2.78 bits per heavy atom. The molecule has 0 aliphatic carbocycles. The number of fused-ring (bicyclic) bond motifs is 1. The largest absolute Gasteiger partial charge is 0.462 e. The number of ether oxygens (including phenoxy) is 1. The molecular weight excluding hydrogens is 328 g/mol. The van der Waals surface area contributed by atoms with E-state index in [-0.39, 0.29) is 17.8 Å². The van der Waals surface area contributed by atoms with Crippen LogP contribution in [0.4, 0.5) is 0 Å². The Bertz CT molecular complexity index is 816. The lowest BCUT2D eigenvalue weighted by molar-refractivity contribution is -0.144. The average Bonchev–Trinajstić information content (AvgIpc) is 2.98. The van der Waals surface area contributed by atoms with Crippen molar-refractivity contribution >= 4 is 39.3 Å². The highest BCUT2D eigenvalue weighted by Gasteiger charge is 2.13. The number of esters is 1. The number of thioether (sulfide) groups is 1. The molecule has 1 aromatic carbocycles. The molecule has 0 unspecified atom stereocenters. The van der Waals surface area contributed by atoms with Gasteiger partial charge in [0.2, 0.25) is 0 Å². The number of carbonyl (C=O) groups is 1. The zero-order chi connectivity index (χ0) is 16.2. The van der Waals surface area contributed by atoms with Crippen molar-refractivity contribution in [3.05, 3.63) is 42.7 Å². The number of thiophene rings is 1. The minimum Gasteiger partial charge on any atom is -0.462 e. The van der Waals surface area contributed by atoms with Crippen LogP contribution in [-0.4, -0.2) is 27.8 Å². The molecule has 0 aliphatic heterocycles. The molecule has 0 saturated heterocycles. The Labute approximate surface area is 142 Å². The summed E-state index contributed by atoms with van der Waals surface area (Å²) in [5.41, 5.74) is 1.16. The van der Waals surface area contributed by atoms with Crippen molar-refractivity contribution in [3.63, 3.8) is 0 Å². The average molecular weight is 344 g/mol. The number of aromatic nitrogens is 2. The topological polar surface area (TPSA) is 52.1 Å². The van der Waals surface area contributed by atoms with Crippen LogP contribution in [0, 0.1) is 0 Å². The Morgan fingerprint density at radius 1 is 1.26 bits per heavy atom. The molecular formula is C17H16N2O2S2. The zero-order valence-corrected chi connectivity index (χ0v) is 14.5. The van der Waals surface area contributed by atoms with E-state index >= 15 is 0 Å². The van der Waals surface area contributed by atoms with Crippen LogP contribution in [0.3, 0.4) is 0 Å². The molecule has 0 aliphatic rings. The molecule has 2 aromatic heterocycles. The highest BCUT2D eigenvalue weighted by molar-refractivity contribution is 8.00. The Morgan fingerprint density at radius 2 is 2.04 bits per heavy atom. The lowest BCUT2D eigenvalue weighted by Crippen LogP contribution is -2.13. The summed E-state index contributed by atoms with van der Waals surface area (Å²) < 4.78 is 5.16. The quantitative estimate of drug-likeness (QED) is 0.390. The van der Waals surface area contributed by atoms with Crippen molar-refractivity contribution in [2.75, 3.05) is 5.75 Å². The Balaban J connectivity index is 1.84. The molecule has 118 valence electrons. The molecule has 0 saturated carbocycles. The van der Waals surface area contributed by atoms with Crippen LogP contribution in [0.25, 0.3) is 20.7 Å². The Kier molecular flexibility index (Phi) is 4.93. The van der Waals surface area contributed by atoms with Crippen LogP contribution in [0.5, 0.6) is 0 Å². The molecule has 0 atom stereocenters. The van der Waals surface area contributed by atoms with Gasteiger partial charge in [0, 0.05) is 10.3 Å². The first-order valence-electron chi connectivity index (χ1n) is 7.25. The van der Waals surface area contributed by atoms with E-state index in [1.165, 1.54) is 11.8 Å². The predicted molar refractivity (Wildman–Crippen MR) is 94.8 cm³/mol. The number of carbonyl (C=O) groups excluding carboxylic acids is 1. The maximum absolute atomic E-state index is 11.7. The van der Waals surface area contributed by atoms with Gasteiger partial charge in [-0.15, -0.1) is 11.3 Å². The molecule has 0 spiro atoms. The standard InChI is InChI=1S/C17H16N2O2S2/c1-11(2)21-15(20)9-22-16-13-8-14(12-6-4-3-5-7-12)23-17(13)19-10-18-16/h3-8,10-11H,9H2,1-2H3. The highest BCUT2D eigenvalue weighted by atomic mass is 32.2. The first-order valence-corrected chi connectivity index (χ1v) is 9.06. The molecule has 23 heavy (non-hydrogen) atoms. The second-order valence-electron chi connectivity index (χ2n) is 5.20. The van der Waals surface area contributed by atoms with E-state index in [0.29, 0.717) is 0 Å². The molecule has 6 heteroatoms. The summed E-state index contributed by atoms with van der Waals surface area (Å²) in [6.07, 6.45) is 1.45. The number of hydrogen-bond donors (Lipinski definition) is 0. The second-order valence-corrected chi connectivity index (χ2v) is 7.20. The van der Waals surface area contributed by atoms with Gasteiger partial charge in [0.15, 0.2) is 0 Å². The van der Waals surface area contributed by atoms with Gasteiger partial charge in [-0.25, -0.2) is 9.97 Å². The maximum Gasteiger partial charge on any atom is 0.316 e. The molecule has 3 aromatic rings. The zero-order valence-electron chi connectivity index (χ0n) is 12.9. The summed E-state index contributed by atoms with van der Waals surface area (Å²) in [6.45, 7) is 3.69. The van der Waals surface area contributed by atoms with Crippen molar-refractivity contribution in [2.45, 2.75) is 25.0 Å². The third kappa shape index (κ3) is 3.89. The fourth-order valence-electron chi connectivity index (χ4n) is 2.12. The van der Waals surface area contributed by atoms with E-state index in [1.54, 1.807) is 17.7 Å². The van der Waals surface area contributed by atoms with Crippen LogP contribution in [0.1, 0.15) is 13.8 Å². The first-order chi connectivity index (χ1) is 11.1. The van der Waals surface area contributed by atoms with E-state index in [2.05, 4.69) is 28.2 Å². The smallest absolute Gasteiger partial charge is 0.316 e. The summed E-state index contributed by atoms with van der Waals surface area (Å²) in [4.78, 5) is 22.4. The molecule has 4 nitrogen and oxygen atoms in total. The van der Waals surface area contributed by atoms with E-state index < -0.39 is 0 Å². The van der Waals surface area contributed by atoms with Crippen LogP contribution in [0.15, 0.2) is 47.8 Å². The number of rotatable bonds is 5. The fraction of sp³-hybridized carbons (Fsp3) is 0.235. The molecule has 0 amide bonds. The normalized spacial score (nSPS) is 11.1. The number of benzene rings is 1. The predicted octanol–water partition coefficient (Wildman–Crippen LogP) is 4.40. The van der Waals surface area contributed by atoms with Gasteiger partial charge in [-0.05, 0) is 25.5 Å². The summed E-state index contributed by atoms with van der Waals surface area (Å²) >= 11 is 3.02. The molecule has 0 N–H and O–H groups in total. The lowest BCUT2D eigenvalue weighted by Gasteiger charge is -2.07. The van der Waals surface area contributed by atoms with E-state index in [1.807, 2.05) is 32.0 Å². The SMILES string of the molecule is CC(C)OC(=O)CSc1ncnc2sc(-c3ccccc3)cc12. The van der Waals surface area contributed by atoms with E-state index in [9.17, 15) is 4.79 Å². The van der Waals surface area contributed by atoms with Crippen LogP contribution in [0.2, 0.25) is 0 Å². The van der Waals surface area contributed by atoms with Crippen LogP contribution >= 0.6 is 23.1 Å². The third-order valence-corrected chi connectivity index (χ3v) is 5.12. The van der Waals surface area contributed by atoms with E-state index in [4.69, 9.17) is 4.74 Å². The number of nitrogens with zero attached hydrogens (tertiary/aromatic N) is 2. The van der Waals surface area contributed by atoms with Gasteiger partial charge in [0.25, 0.3) is 0 Å². The molecule has 0 bridgehead atoms. The monoisotopic (exact) mass is 344 g/mol. The summed E-state index contributed by atoms with van der Waals surface area (Å²) in [5, 5.41) is 1.80. The summed E-state index contributed by atoms with van der Waals surface area (Å²) in [5.74, 6) is 0.0242. The van der Waals surface area contributed by atoms with Crippen LogP contribution in [-0.2, 0) is 9.53 Å². The minimum absolute atomic E-state index is 0.0978. The van der Waals surface area contributed by atoms with Crippen molar-refractivity contribution in [2.24, 2.45) is 0 Å². The highest BCUT2D eigenvalue weighted by Crippen LogP contribution is 2.36. The number of hydrogen-bond acceptors (Lipinski definition) is 6. The van der Waals surface area contributed by atoms with Gasteiger partial charge >= 0.3 is 5.97 Å². The third-order valence-electron chi connectivity index (χ3n) is 3.05. The Hall–Kier alpha value is -1.92. The fourth-order valence-corrected chi connectivity index (χ4v) is 3.94. The minimum atomic E-state index is -0.227. The van der Waals surface area contributed by atoms with Crippen molar-refractivity contribution in [1.29, 1.82) is 0 Å². The van der Waals surface area contributed by atoms with Gasteiger partial charge in [-0.1, -0.05) is 42.1 Å². The molecule has 0 fully saturated rings. The van der Waals surface area contributed by atoms with Crippen LogP contribution < -0.4 is 0 Å². The summed E-state index contributed by atoms with van der Waals surface area (Å²) in [7, 11) is 0. The molecule has 3 rings (SSSR count). The van der Waals surface area contributed by atoms with Gasteiger partial charge in [0.1, 0.15) is 16.2 Å². The summed E-state index contributed by atoms with van der Waals surface area (Å²) in [6, 6.07) is 12.3. The van der Waals surface area contributed by atoms with Crippen molar-refractivity contribution in [3.8, 4) is 10.4 Å². The van der Waals surface area contributed by atoms with Gasteiger partial charge in [0.05, 0.1) is 11.9 Å². The molecule has 2 heterocycles. The van der Waals surface area contributed by atoms with Crippen molar-refractivity contribution in [1.82, 2.24) is 9.97 Å². The molecule has 0 radical (unpaired) electrons. The van der Waals surface area contributed by atoms with Gasteiger partial charge in [-0.2, -0.15) is 0 Å². The first kappa shape index (κ1) is 16.0. The van der Waals surface area contributed by atoms with Gasteiger partial charge in [-0.3, -0.25) is 4.79 Å². The van der Waals surface area contributed by atoms with Crippen molar-refractivity contribution < 1.29 is 9.53 Å². The lowest BCUT2D eigenvalue weighted by atomic mass is 10.2. The maximum atomic E-state index is 11.7. The second kappa shape index (κ2) is 7.10. The van der Waals surface area contributed by atoms with Gasteiger partial charge < -0.3 is 4.74 Å².